The topological polar surface area (TPSA) is 49.3 Å². The van der Waals surface area contributed by atoms with E-state index in [4.69, 9.17) is 5.11 Å². The Balaban J connectivity index is 2.37. The van der Waals surface area contributed by atoms with E-state index >= 15 is 0 Å². The molecule has 1 saturated carbocycles. The molecule has 1 fully saturated rings. The molecule has 3 heteroatoms. The molecule has 2 atom stereocenters. The van der Waals surface area contributed by atoms with Gasteiger partial charge in [0.15, 0.2) is 0 Å². The highest BCUT2D eigenvalue weighted by Crippen LogP contribution is 2.27. The van der Waals surface area contributed by atoms with Gasteiger partial charge in [0.25, 0.3) is 0 Å². The normalized spacial score (nSPS) is 22.1. The zero-order valence-corrected chi connectivity index (χ0v) is 9.12. The third kappa shape index (κ3) is 2.98. The van der Waals surface area contributed by atoms with E-state index in [0.717, 1.165) is 0 Å². The average Bonchev–Trinajstić information content (AvgIpc) is 2.65. The van der Waals surface area contributed by atoms with Crippen molar-refractivity contribution in [2.75, 3.05) is 0 Å². The van der Waals surface area contributed by atoms with Gasteiger partial charge in [0.05, 0.1) is 0 Å². The second-order valence-electron chi connectivity index (χ2n) is 4.30. The van der Waals surface area contributed by atoms with Crippen LogP contribution < -0.4 is 5.32 Å². The second kappa shape index (κ2) is 5.35. The van der Waals surface area contributed by atoms with Crippen LogP contribution in [0.25, 0.3) is 0 Å². The largest absolute Gasteiger partial charge is 0.480 e. The van der Waals surface area contributed by atoms with Gasteiger partial charge in [-0.1, -0.05) is 19.8 Å². The highest BCUT2D eigenvalue weighted by molar-refractivity contribution is 5.73. The first kappa shape index (κ1) is 11.5. The zero-order chi connectivity index (χ0) is 10.6. The molecule has 0 radical (unpaired) electrons. The molecule has 1 aliphatic rings. The van der Waals surface area contributed by atoms with Gasteiger partial charge in [-0.2, -0.15) is 0 Å². The minimum absolute atomic E-state index is 0.346. The quantitative estimate of drug-likeness (QED) is 0.712. The van der Waals surface area contributed by atoms with E-state index in [-0.39, 0.29) is 6.04 Å². The summed E-state index contributed by atoms with van der Waals surface area (Å²) in [5.41, 5.74) is 0. The Labute approximate surface area is 85.9 Å². The SMILES string of the molecule is CCC(N[C@H](C)C1CCCC1)C(=O)O. The van der Waals surface area contributed by atoms with E-state index in [1.54, 1.807) is 0 Å². The molecular weight excluding hydrogens is 178 g/mol. The fourth-order valence-electron chi connectivity index (χ4n) is 2.27. The molecule has 2 N–H and O–H groups in total. The van der Waals surface area contributed by atoms with E-state index < -0.39 is 5.97 Å². The predicted molar refractivity (Wildman–Crippen MR) is 56.3 cm³/mol. The molecule has 1 aliphatic carbocycles. The van der Waals surface area contributed by atoms with Gasteiger partial charge in [0.1, 0.15) is 6.04 Å². The van der Waals surface area contributed by atoms with Crippen LogP contribution in [0, 0.1) is 5.92 Å². The number of rotatable bonds is 5. The molecule has 0 bridgehead atoms. The van der Waals surface area contributed by atoms with Gasteiger partial charge in [-0.15, -0.1) is 0 Å². The first-order valence-electron chi connectivity index (χ1n) is 5.64. The number of hydrogen-bond acceptors (Lipinski definition) is 2. The van der Waals surface area contributed by atoms with Crippen LogP contribution in [0.15, 0.2) is 0 Å². The fourth-order valence-corrected chi connectivity index (χ4v) is 2.27. The summed E-state index contributed by atoms with van der Waals surface area (Å²) in [4.78, 5) is 10.8. The summed E-state index contributed by atoms with van der Waals surface area (Å²) in [5.74, 6) is -0.0410. The van der Waals surface area contributed by atoms with Crippen molar-refractivity contribution in [1.29, 1.82) is 0 Å². The molecule has 0 aromatic rings. The summed E-state index contributed by atoms with van der Waals surface area (Å²) in [6, 6.07) is -0.0239. The molecule has 0 amide bonds. The van der Waals surface area contributed by atoms with E-state index in [1.165, 1.54) is 25.7 Å². The second-order valence-corrected chi connectivity index (χ2v) is 4.30. The van der Waals surface area contributed by atoms with Crippen LogP contribution in [0.2, 0.25) is 0 Å². The number of nitrogens with one attached hydrogen (secondary N) is 1. The molecule has 0 aromatic heterocycles. The lowest BCUT2D eigenvalue weighted by molar-refractivity contribution is -0.139. The van der Waals surface area contributed by atoms with E-state index in [0.29, 0.717) is 18.4 Å². The Hall–Kier alpha value is -0.570. The molecule has 1 unspecified atom stereocenters. The molecule has 82 valence electrons. The van der Waals surface area contributed by atoms with Gasteiger partial charge >= 0.3 is 5.97 Å². The predicted octanol–water partition coefficient (Wildman–Crippen LogP) is 2.02. The van der Waals surface area contributed by atoms with Crippen LogP contribution >= 0.6 is 0 Å². The monoisotopic (exact) mass is 199 g/mol. The standard InChI is InChI=1S/C11H21NO2/c1-3-10(11(13)14)12-8(2)9-6-4-5-7-9/h8-10,12H,3-7H2,1-2H3,(H,13,14)/t8-,10?/m1/s1. The maximum Gasteiger partial charge on any atom is 0.320 e. The highest BCUT2D eigenvalue weighted by Gasteiger charge is 2.25. The first-order chi connectivity index (χ1) is 6.65. The zero-order valence-electron chi connectivity index (χ0n) is 9.12. The Morgan fingerprint density at radius 1 is 1.50 bits per heavy atom. The third-order valence-corrected chi connectivity index (χ3v) is 3.28. The van der Waals surface area contributed by atoms with Crippen molar-refractivity contribution in [3.8, 4) is 0 Å². The van der Waals surface area contributed by atoms with Crippen molar-refractivity contribution < 1.29 is 9.90 Å². The van der Waals surface area contributed by atoms with Crippen LogP contribution in [0.5, 0.6) is 0 Å². The summed E-state index contributed by atoms with van der Waals surface area (Å²) >= 11 is 0. The van der Waals surface area contributed by atoms with Gasteiger partial charge in [-0.25, -0.2) is 0 Å². The average molecular weight is 199 g/mol. The van der Waals surface area contributed by atoms with Gasteiger partial charge in [0, 0.05) is 6.04 Å². The van der Waals surface area contributed by atoms with Crippen LogP contribution in [0.4, 0.5) is 0 Å². The summed E-state index contributed by atoms with van der Waals surface area (Å²) in [6.07, 6.45) is 5.78. The van der Waals surface area contributed by atoms with Gasteiger partial charge in [-0.05, 0) is 32.1 Å². The molecule has 0 heterocycles. The summed E-state index contributed by atoms with van der Waals surface area (Å²) < 4.78 is 0. The smallest absolute Gasteiger partial charge is 0.320 e. The Kier molecular flexibility index (Phi) is 4.39. The minimum Gasteiger partial charge on any atom is -0.480 e. The van der Waals surface area contributed by atoms with Crippen LogP contribution in [-0.4, -0.2) is 23.2 Å². The maximum absolute atomic E-state index is 10.8. The summed E-state index contributed by atoms with van der Waals surface area (Å²) in [7, 11) is 0. The summed E-state index contributed by atoms with van der Waals surface area (Å²) in [5, 5.41) is 12.1. The molecule has 0 aliphatic heterocycles. The van der Waals surface area contributed by atoms with Gasteiger partial charge < -0.3 is 10.4 Å². The molecule has 0 saturated heterocycles. The lowest BCUT2D eigenvalue weighted by Gasteiger charge is -2.24. The Bertz CT molecular complexity index is 188. The van der Waals surface area contributed by atoms with Crippen LogP contribution in [0.3, 0.4) is 0 Å². The molecule has 3 nitrogen and oxygen atoms in total. The lowest BCUT2D eigenvalue weighted by atomic mass is 9.98. The third-order valence-electron chi connectivity index (χ3n) is 3.28. The minimum atomic E-state index is -0.725. The van der Waals surface area contributed by atoms with Gasteiger partial charge in [-0.3, -0.25) is 4.79 Å². The van der Waals surface area contributed by atoms with Crippen molar-refractivity contribution in [2.24, 2.45) is 5.92 Å². The van der Waals surface area contributed by atoms with Crippen LogP contribution in [-0.2, 0) is 4.79 Å². The molecular formula is C11H21NO2. The number of hydrogen-bond donors (Lipinski definition) is 2. The van der Waals surface area contributed by atoms with E-state index in [1.807, 2.05) is 6.92 Å². The maximum atomic E-state index is 10.8. The van der Waals surface area contributed by atoms with Crippen LogP contribution in [0.1, 0.15) is 46.0 Å². The summed E-state index contributed by atoms with van der Waals surface area (Å²) in [6.45, 7) is 4.02. The molecule has 0 aromatic carbocycles. The first-order valence-corrected chi connectivity index (χ1v) is 5.64. The van der Waals surface area contributed by atoms with E-state index in [2.05, 4.69) is 12.2 Å². The van der Waals surface area contributed by atoms with Crippen molar-refractivity contribution in [3.63, 3.8) is 0 Å². The fraction of sp³-hybridized carbons (Fsp3) is 0.909. The Morgan fingerprint density at radius 3 is 2.50 bits per heavy atom. The van der Waals surface area contributed by atoms with Gasteiger partial charge in [0.2, 0.25) is 0 Å². The highest BCUT2D eigenvalue weighted by atomic mass is 16.4. The van der Waals surface area contributed by atoms with E-state index in [9.17, 15) is 4.79 Å². The molecule has 14 heavy (non-hydrogen) atoms. The number of carboxylic acids is 1. The van der Waals surface area contributed by atoms with Crippen molar-refractivity contribution in [3.05, 3.63) is 0 Å². The van der Waals surface area contributed by atoms with Crippen molar-refractivity contribution >= 4 is 5.97 Å². The molecule has 0 spiro atoms. The number of aliphatic carboxylic acids is 1. The number of carbonyl (C=O) groups is 1. The Morgan fingerprint density at radius 2 is 2.07 bits per heavy atom. The van der Waals surface area contributed by atoms with Crippen molar-refractivity contribution in [1.82, 2.24) is 5.32 Å². The van der Waals surface area contributed by atoms with Crippen molar-refractivity contribution in [2.45, 2.75) is 58.0 Å². The number of carboxylic acid groups (broad SMARTS) is 1. The molecule has 1 rings (SSSR count). The lowest BCUT2D eigenvalue weighted by Crippen LogP contribution is -2.44.